The average molecular weight is 206 g/mol. The van der Waals surface area contributed by atoms with Crippen molar-refractivity contribution in [2.75, 3.05) is 0 Å². The van der Waals surface area contributed by atoms with Gasteiger partial charge in [0.1, 0.15) is 0 Å². The van der Waals surface area contributed by atoms with Crippen LogP contribution in [0.25, 0.3) is 0 Å². The number of hydrogen-bond acceptors (Lipinski definition) is 0. The molecular formula is C7H14Ag. The quantitative estimate of drug-likeness (QED) is 0.534. The molecule has 8 heavy (non-hydrogen) atoms. The van der Waals surface area contributed by atoms with Crippen LogP contribution in [0.2, 0.25) is 0 Å². The van der Waals surface area contributed by atoms with Crippen LogP contribution in [-0.2, 0) is 22.4 Å². The molecule has 0 N–H and O–H groups in total. The molecule has 0 heterocycles. The molecule has 0 nitrogen and oxygen atoms in total. The summed E-state index contributed by atoms with van der Waals surface area (Å²) in [4.78, 5) is 0. The van der Waals surface area contributed by atoms with E-state index < -0.39 is 0 Å². The van der Waals surface area contributed by atoms with E-state index in [0.29, 0.717) is 0 Å². The third kappa shape index (κ3) is 6.74. The molecule has 1 radical (unpaired) electrons. The summed E-state index contributed by atoms with van der Waals surface area (Å²) in [6.07, 6.45) is 10.5. The standard InChI is InChI=1S/C4H8.C3H6.Ag/c1-2-4-3-1;1-2-3-1;/h1-4H2;1-3H2;. The predicted octanol–water partition coefficient (Wildman–Crippen LogP) is 2.73. The van der Waals surface area contributed by atoms with Gasteiger partial charge in [0, 0.05) is 22.4 Å². The van der Waals surface area contributed by atoms with E-state index in [1.54, 1.807) is 0 Å². The Kier molecular flexibility index (Phi) is 6.41. The fourth-order valence-electron chi connectivity index (χ4n) is 0.250. The van der Waals surface area contributed by atoms with Crippen molar-refractivity contribution >= 4 is 0 Å². The van der Waals surface area contributed by atoms with Gasteiger partial charge < -0.3 is 0 Å². The Labute approximate surface area is 67.6 Å². The first-order valence-electron chi connectivity index (χ1n) is 3.50. The van der Waals surface area contributed by atoms with Gasteiger partial charge in [-0.15, -0.1) is 0 Å². The van der Waals surface area contributed by atoms with Crippen molar-refractivity contribution in [2.45, 2.75) is 44.9 Å². The first-order valence-corrected chi connectivity index (χ1v) is 3.50. The van der Waals surface area contributed by atoms with Gasteiger partial charge in [-0.2, -0.15) is 0 Å². The summed E-state index contributed by atoms with van der Waals surface area (Å²) in [5.74, 6) is 0. The van der Waals surface area contributed by atoms with Crippen LogP contribution in [0.15, 0.2) is 0 Å². The minimum atomic E-state index is 0. The summed E-state index contributed by atoms with van der Waals surface area (Å²) in [6, 6.07) is 0. The molecule has 0 aliphatic heterocycles. The van der Waals surface area contributed by atoms with Gasteiger partial charge in [0.2, 0.25) is 0 Å². The van der Waals surface area contributed by atoms with Crippen LogP contribution < -0.4 is 0 Å². The van der Waals surface area contributed by atoms with E-state index in [4.69, 9.17) is 0 Å². The van der Waals surface area contributed by atoms with Crippen LogP contribution in [0.1, 0.15) is 44.9 Å². The molecule has 1 heteroatoms. The topological polar surface area (TPSA) is 0 Å². The molecule has 0 bridgehead atoms. The third-order valence-electron chi connectivity index (χ3n) is 1.35. The zero-order valence-corrected chi connectivity index (χ0v) is 6.73. The summed E-state index contributed by atoms with van der Waals surface area (Å²) in [6.45, 7) is 0. The summed E-state index contributed by atoms with van der Waals surface area (Å²) in [7, 11) is 0. The minimum Gasteiger partial charge on any atom is -0.0533 e. The molecule has 0 aromatic heterocycles. The van der Waals surface area contributed by atoms with Crippen molar-refractivity contribution in [1.29, 1.82) is 0 Å². The predicted molar refractivity (Wildman–Crippen MR) is 32.3 cm³/mol. The molecule has 0 aromatic rings. The van der Waals surface area contributed by atoms with Crippen molar-refractivity contribution in [3.8, 4) is 0 Å². The molecule has 0 saturated heterocycles. The zero-order valence-electron chi connectivity index (χ0n) is 5.25. The Morgan fingerprint density at radius 1 is 0.375 bits per heavy atom. The van der Waals surface area contributed by atoms with Gasteiger partial charge in [0.05, 0.1) is 0 Å². The second-order valence-corrected chi connectivity index (χ2v) is 2.47. The molecule has 2 rings (SSSR count). The molecule has 53 valence electrons. The Morgan fingerprint density at radius 3 is 0.500 bits per heavy atom. The van der Waals surface area contributed by atoms with Crippen LogP contribution >= 0.6 is 0 Å². The molecule has 2 aliphatic rings. The van der Waals surface area contributed by atoms with Crippen LogP contribution in [-0.4, -0.2) is 0 Å². The van der Waals surface area contributed by atoms with Gasteiger partial charge >= 0.3 is 0 Å². The van der Waals surface area contributed by atoms with Crippen molar-refractivity contribution in [2.24, 2.45) is 0 Å². The van der Waals surface area contributed by atoms with Crippen LogP contribution in [0.5, 0.6) is 0 Å². The summed E-state index contributed by atoms with van der Waals surface area (Å²) in [5.41, 5.74) is 0. The van der Waals surface area contributed by atoms with Crippen molar-refractivity contribution in [3.05, 3.63) is 0 Å². The molecule has 0 aromatic carbocycles. The normalized spacial score (nSPS) is 21.0. The third-order valence-corrected chi connectivity index (χ3v) is 1.35. The van der Waals surface area contributed by atoms with E-state index in [1.807, 2.05) is 0 Å². The fourth-order valence-corrected chi connectivity index (χ4v) is 0.250. The zero-order chi connectivity index (χ0) is 4.95. The van der Waals surface area contributed by atoms with E-state index in [-0.39, 0.29) is 22.4 Å². The smallest absolute Gasteiger partial charge is 0 e. The van der Waals surface area contributed by atoms with E-state index in [0.717, 1.165) is 0 Å². The monoisotopic (exact) mass is 205 g/mol. The number of hydrogen-bond donors (Lipinski definition) is 0. The summed E-state index contributed by atoms with van der Waals surface area (Å²) >= 11 is 0. The second-order valence-electron chi connectivity index (χ2n) is 2.47. The molecule has 0 spiro atoms. The first-order chi connectivity index (χ1) is 3.50. The largest absolute Gasteiger partial charge is 0.0533 e. The molecule has 2 aliphatic carbocycles. The molecule has 2 saturated carbocycles. The van der Waals surface area contributed by atoms with Crippen LogP contribution in [0.4, 0.5) is 0 Å². The molecular weight excluding hydrogens is 192 g/mol. The fraction of sp³-hybridized carbons (Fsp3) is 1.00. The van der Waals surface area contributed by atoms with Crippen LogP contribution in [0, 0.1) is 0 Å². The maximum absolute atomic E-state index is 1.50. The molecule has 2 fully saturated rings. The Balaban J connectivity index is 0.000000112. The minimum absolute atomic E-state index is 0. The van der Waals surface area contributed by atoms with Gasteiger partial charge in [-0.05, 0) is 0 Å². The Hall–Kier alpha value is 0.740. The van der Waals surface area contributed by atoms with E-state index in [2.05, 4.69) is 0 Å². The van der Waals surface area contributed by atoms with Gasteiger partial charge in [-0.1, -0.05) is 44.9 Å². The van der Waals surface area contributed by atoms with E-state index in [1.165, 1.54) is 44.9 Å². The number of rotatable bonds is 0. The van der Waals surface area contributed by atoms with Gasteiger partial charge in [-0.25, -0.2) is 0 Å². The maximum Gasteiger partial charge on any atom is 0 e. The van der Waals surface area contributed by atoms with Crippen molar-refractivity contribution in [1.82, 2.24) is 0 Å². The molecule has 0 amide bonds. The maximum atomic E-state index is 1.50. The van der Waals surface area contributed by atoms with Gasteiger partial charge in [0.25, 0.3) is 0 Å². The summed E-state index contributed by atoms with van der Waals surface area (Å²) in [5, 5.41) is 0. The van der Waals surface area contributed by atoms with Gasteiger partial charge in [-0.3, -0.25) is 0 Å². The van der Waals surface area contributed by atoms with E-state index in [9.17, 15) is 0 Å². The average Bonchev–Trinajstić information content (AvgIpc) is 1.95. The van der Waals surface area contributed by atoms with Gasteiger partial charge in [0.15, 0.2) is 0 Å². The van der Waals surface area contributed by atoms with Crippen LogP contribution in [0.3, 0.4) is 0 Å². The molecule has 0 unspecified atom stereocenters. The first kappa shape index (κ1) is 8.74. The van der Waals surface area contributed by atoms with Crippen molar-refractivity contribution < 1.29 is 22.4 Å². The Bertz CT molecular complexity index is 30.9. The van der Waals surface area contributed by atoms with Crippen molar-refractivity contribution in [3.63, 3.8) is 0 Å². The van der Waals surface area contributed by atoms with E-state index >= 15 is 0 Å². The molecule has 0 atom stereocenters. The SMILES string of the molecule is C1CC1.C1CCC1.[Ag]. The Morgan fingerprint density at radius 2 is 0.500 bits per heavy atom. The summed E-state index contributed by atoms with van der Waals surface area (Å²) < 4.78 is 0. The second kappa shape index (κ2) is 5.87.